The maximum Gasteiger partial charge on any atom is 0.341 e. The van der Waals surface area contributed by atoms with E-state index in [0.717, 1.165) is 12.1 Å². The molecule has 0 amide bonds. The van der Waals surface area contributed by atoms with E-state index in [1.807, 2.05) is 0 Å². The molecule has 0 saturated heterocycles. The maximum absolute atomic E-state index is 13.6. The lowest BCUT2D eigenvalue weighted by Gasteiger charge is -2.11. The van der Waals surface area contributed by atoms with Gasteiger partial charge >= 0.3 is 5.97 Å². The Labute approximate surface area is 140 Å². The van der Waals surface area contributed by atoms with Gasteiger partial charge in [-0.1, -0.05) is 0 Å². The molecule has 0 spiro atoms. The quantitative estimate of drug-likeness (QED) is 0.677. The third-order valence-electron chi connectivity index (χ3n) is 3.30. The third kappa shape index (κ3) is 2.88. The normalized spacial score (nSPS) is 10.7. The monoisotopic (exact) mass is 347 g/mol. The number of aryl methyl sites for hydroxylation is 1. The van der Waals surface area contributed by atoms with Crippen LogP contribution in [0.4, 0.5) is 8.78 Å². The molecule has 0 aliphatic carbocycles. The summed E-state index contributed by atoms with van der Waals surface area (Å²) in [7, 11) is 1.23. The van der Waals surface area contributed by atoms with E-state index in [0.29, 0.717) is 16.5 Å². The first-order valence-corrected chi connectivity index (χ1v) is 7.71. The number of carbonyl (C=O) groups excluding carboxylic acids is 1. The van der Waals surface area contributed by atoms with Crippen molar-refractivity contribution in [3.63, 3.8) is 0 Å². The fourth-order valence-electron chi connectivity index (χ4n) is 2.20. The highest BCUT2D eigenvalue weighted by Gasteiger charge is 2.22. The number of thiazole rings is 1. The number of nitrogens with zero attached hydrogens (tertiary/aromatic N) is 3. The van der Waals surface area contributed by atoms with Crippen LogP contribution in [0.3, 0.4) is 0 Å². The summed E-state index contributed by atoms with van der Waals surface area (Å²) in [5.41, 5.74) is 0.877. The van der Waals surface area contributed by atoms with Crippen molar-refractivity contribution in [2.75, 3.05) is 7.11 Å². The molecule has 1 aromatic carbocycles. The number of hydrogen-bond acceptors (Lipinski definition) is 6. The van der Waals surface area contributed by atoms with Crippen molar-refractivity contribution in [3.8, 4) is 22.1 Å². The molecule has 0 fully saturated rings. The fourth-order valence-corrected chi connectivity index (χ4v) is 2.77. The topological polar surface area (TPSA) is 65.0 Å². The summed E-state index contributed by atoms with van der Waals surface area (Å²) in [6, 6.07) is 3.31. The average molecular weight is 347 g/mol. The van der Waals surface area contributed by atoms with Gasteiger partial charge < -0.3 is 4.74 Å². The first kappa shape index (κ1) is 16.1. The Morgan fingerprint density at radius 2 is 2.00 bits per heavy atom. The predicted molar refractivity (Wildman–Crippen MR) is 84.6 cm³/mol. The van der Waals surface area contributed by atoms with E-state index >= 15 is 0 Å². The van der Waals surface area contributed by atoms with Gasteiger partial charge in [-0.05, 0) is 25.1 Å². The molecule has 5 nitrogen and oxygen atoms in total. The van der Waals surface area contributed by atoms with Gasteiger partial charge in [0.1, 0.15) is 5.56 Å². The molecule has 0 aliphatic rings. The fraction of sp³-hybridized carbons (Fsp3) is 0.125. The Kier molecular flexibility index (Phi) is 4.30. The van der Waals surface area contributed by atoms with Gasteiger partial charge in [-0.15, -0.1) is 11.3 Å². The van der Waals surface area contributed by atoms with Crippen LogP contribution in [-0.4, -0.2) is 28.0 Å². The Hall–Kier alpha value is -2.74. The van der Waals surface area contributed by atoms with E-state index in [9.17, 15) is 13.6 Å². The number of methoxy groups -OCH3 is 1. The van der Waals surface area contributed by atoms with Gasteiger partial charge in [0, 0.05) is 17.1 Å². The van der Waals surface area contributed by atoms with Crippen LogP contribution in [0.15, 0.2) is 29.8 Å². The number of esters is 1. The molecule has 122 valence electrons. The molecular formula is C16H11F2N3O2S. The summed E-state index contributed by atoms with van der Waals surface area (Å²) >= 11 is 1.33. The maximum atomic E-state index is 13.6. The highest BCUT2D eigenvalue weighted by molar-refractivity contribution is 7.13. The molecule has 0 radical (unpaired) electrons. The Bertz CT molecular complexity index is 914. The van der Waals surface area contributed by atoms with Crippen LogP contribution < -0.4 is 0 Å². The van der Waals surface area contributed by atoms with Crippen LogP contribution in [-0.2, 0) is 4.74 Å². The highest BCUT2D eigenvalue weighted by Crippen LogP contribution is 2.29. The number of carbonyl (C=O) groups is 1. The molecule has 3 rings (SSSR count). The number of hydrogen-bond donors (Lipinski definition) is 0. The van der Waals surface area contributed by atoms with Crippen molar-refractivity contribution in [3.05, 3.63) is 52.7 Å². The van der Waals surface area contributed by atoms with Crippen molar-refractivity contribution >= 4 is 17.3 Å². The molecule has 8 heteroatoms. The first-order chi connectivity index (χ1) is 11.5. The molecule has 0 atom stereocenters. The SMILES string of the molecule is COC(=O)c1c(C)nc(-c2nccs2)nc1-c1ccc(F)c(F)c1. The van der Waals surface area contributed by atoms with Gasteiger partial charge in [-0.25, -0.2) is 28.5 Å². The van der Waals surface area contributed by atoms with E-state index < -0.39 is 17.6 Å². The zero-order valence-electron chi connectivity index (χ0n) is 12.7. The van der Waals surface area contributed by atoms with Gasteiger partial charge in [0.2, 0.25) is 0 Å². The van der Waals surface area contributed by atoms with Gasteiger partial charge in [0.05, 0.1) is 18.5 Å². The number of halogens is 2. The summed E-state index contributed by atoms with van der Waals surface area (Å²) in [5.74, 6) is -2.37. The van der Waals surface area contributed by atoms with Crippen molar-refractivity contribution in [1.29, 1.82) is 0 Å². The van der Waals surface area contributed by atoms with Crippen LogP contribution in [0.1, 0.15) is 16.1 Å². The Morgan fingerprint density at radius 1 is 1.21 bits per heavy atom. The van der Waals surface area contributed by atoms with Gasteiger partial charge in [0.15, 0.2) is 22.5 Å². The first-order valence-electron chi connectivity index (χ1n) is 6.83. The minimum atomic E-state index is -1.03. The lowest BCUT2D eigenvalue weighted by molar-refractivity contribution is 0.0600. The smallest absolute Gasteiger partial charge is 0.341 e. The minimum absolute atomic E-state index is 0.101. The van der Waals surface area contributed by atoms with Gasteiger partial charge in [-0.3, -0.25) is 0 Å². The van der Waals surface area contributed by atoms with Crippen molar-refractivity contribution in [1.82, 2.24) is 15.0 Å². The summed E-state index contributed by atoms with van der Waals surface area (Å²) in [6.07, 6.45) is 1.60. The lowest BCUT2D eigenvalue weighted by atomic mass is 10.0. The summed E-state index contributed by atoms with van der Waals surface area (Å²) in [6.45, 7) is 1.62. The molecule has 2 aromatic heterocycles. The van der Waals surface area contributed by atoms with Crippen molar-refractivity contribution < 1.29 is 18.3 Å². The second-order valence-corrected chi connectivity index (χ2v) is 5.71. The second-order valence-electron chi connectivity index (χ2n) is 4.81. The number of rotatable bonds is 3. The van der Waals surface area contributed by atoms with E-state index in [4.69, 9.17) is 4.74 Å². The average Bonchev–Trinajstić information content (AvgIpc) is 3.10. The Morgan fingerprint density at radius 3 is 2.62 bits per heavy atom. The van der Waals surface area contributed by atoms with Gasteiger partial charge in [0.25, 0.3) is 0 Å². The molecule has 0 aliphatic heterocycles. The minimum Gasteiger partial charge on any atom is -0.465 e. The predicted octanol–water partition coefficient (Wildman–Crippen LogP) is 3.64. The molecule has 2 heterocycles. The molecule has 0 bridgehead atoms. The van der Waals surface area contributed by atoms with E-state index in [2.05, 4.69) is 15.0 Å². The van der Waals surface area contributed by atoms with Crippen LogP contribution in [0.2, 0.25) is 0 Å². The van der Waals surface area contributed by atoms with E-state index in [1.165, 1.54) is 24.5 Å². The lowest BCUT2D eigenvalue weighted by Crippen LogP contribution is -2.11. The summed E-state index contributed by atoms with van der Waals surface area (Å²) in [5, 5.41) is 2.32. The van der Waals surface area contributed by atoms with Crippen molar-refractivity contribution in [2.45, 2.75) is 6.92 Å². The van der Waals surface area contributed by atoms with Crippen LogP contribution in [0.25, 0.3) is 22.1 Å². The zero-order chi connectivity index (χ0) is 17.3. The second kappa shape index (κ2) is 6.40. The Balaban J connectivity index is 2.27. The molecular weight excluding hydrogens is 336 g/mol. The standard InChI is InChI=1S/C16H11F2N3O2S/c1-8-12(16(22)23-2)13(9-3-4-10(17)11(18)7-9)21-14(20-8)15-19-5-6-24-15/h3-7H,1-2H3. The molecule has 0 saturated carbocycles. The number of aromatic nitrogens is 3. The number of ether oxygens (including phenoxy) is 1. The molecule has 0 N–H and O–H groups in total. The molecule has 3 aromatic rings. The van der Waals surface area contributed by atoms with Gasteiger partial charge in [-0.2, -0.15) is 0 Å². The largest absolute Gasteiger partial charge is 0.465 e. The van der Waals surface area contributed by atoms with Crippen molar-refractivity contribution in [2.24, 2.45) is 0 Å². The summed E-state index contributed by atoms with van der Waals surface area (Å²) < 4.78 is 31.6. The molecule has 24 heavy (non-hydrogen) atoms. The van der Waals surface area contributed by atoms with E-state index in [1.54, 1.807) is 18.5 Å². The van der Waals surface area contributed by atoms with Crippen LogP contribution in [0.5, 0.6) is 0 Å². The van der Waals surface area contributed by atoms with E-state index in [-0.39, 0.29) is 16.8 Å². The summed E-state index contributed by atoms with van der Waals surface area (Å²) in [4.78, 5) is 24.8. The van der Waals surface area contributed by atoms with Crippen LogP contribution in [0, 0.1) is 18.6 Å². The number of benzene rings is 1. The molecule has 0 unspecified atom stereocenters. The van der Waals surface area contributed by atoms with Crippen LogP contribution >= 0.6 is 11.3 Å². The highest BCUT2D eigenvalue weighted by atomic mass is 32.1. The third-order valence-corrected chi connectivity index (χ3v) is 4.07. The zero-order valence-corrected chi connectivity index (χ0v) is 13.5.